The number of hydrogen-bond acceptors (Lipinski definition) is 3. The second-order valence-electron chi connectivity index (χ2n) is 5.08. The predicted octanol–water partition coefficient (Wildman–Crippen LogP) is 2.33. The molecule has 1 amide bonds. The molecule has 1 N–H and O–H groups in total. The number of aryl methyl sites for hydroxylation is 1. The summed E-state index contributed by atoms with van der Waals surface area (Å²) in [6.07, 6.45) is 1.85. The van der Waals surface area contributed by atoms with Crippen molar-refractivity contribution in [3.8, 4) is 0 Å². The number of amides is 1. The minimum atomic E-state index is -3.58. The highest BCUT2D eigenvalue weighted by Gasteiger charge is 2.23. The van der Waals surface area contributed by atoms with Crippen molar-refractivity contribution in [3.63, 3.8) is 0 Å². The Balaban J connectivity index is 3.08. The Hall–Kier alpha value is -1.27. The molecule has 118 valence electrons. The number of sulfonamides is 1. The minimum absolute atomic E-state index is 0.000585. The lowest BCUT2D eigenvalue weighted by Crippen LogP contribution is -2.43. The average molecular weight is 333 g/mol. The highest BCUT2D eigenvalue weighted by atomic mass is 35.5. The van der Waals surface area contributed by atoms with E-state index in [0.29, 0.717) is 10.7 Å². The van der Waals surface area contributed by atoms with Gasteiger partial charge in [-0.25, -0.2) is 8.42 Å². The molecule has 0 aliphatic carbocycles. The standard InChI is InChI=1S/C14H21ClN2O3S/c1-5-11(3)16-14(18)9-17(21(4,19)20)13-8-12(15)7-6-10(13)2/h6-8,11H,5,9H2,1-4H3,(H,16,18)/t11-/m1/s1. The van der Waals surface area contributed by atoms with Crippen LogP contribution in [0.2, 0.25) is 5.02 Å². The maximum absolute atomic E-state index is 12.0. The van der Waals surface area contributed by atoms with Gasteiger partial charge in [0.25, 0.3) is 0 Å². The van der Waals surface area contributed by atoms with Crippen LogP contribution in [-0.2, 0) is 14.8 Å². The van der Waals surface area contributed by atoms with Gasteiger partial charge in [-0.1, -0.05) is 24.6 Å². The van der Waals surface area contributed by atoms with E-state index < -0.39 is 10.0 Å². The van der Waals surface area contributed by atoms with Gasteiger partial charge in [0.1, 0.15) is 6.54 Å². The van der Waals surface area contributed by atoms with Crippen molar-refractivity contribution in [1.82, 2.24) is 5.32 Å². The van der Waals surface area contributed by atoms with Gasteiger partial charge in [-0.05, 0) is 38.0 Å². The van der Waals surface area contributed by atoms with E-state index in [1.165, 1.54) is 0 Å². The first-order chi connectivity index (χ1) is 9.65. The molecule has 1 atom stereocenters. The molecule has 5 nitrogen and oxygen atoms in total. The van der Waals surface area contributed by atoms with Crippen LogP contribution in [0.1, 0.15) is 25.8 Å². The second-order valence-corrected chi connectivity index (χ2v) is 7.42. The third-order valence-corrected chi connectivity index (χ3v) is 4.51. The van der Waals surface area contributed by atoms with Gasteiger partial charge in [0.2, 0.25) is 15.9 Å². The quantitative estimate of drug-likeness (QED) is 0.869. The van der Waals surface area contributed by atoms with Crippen molar-refractivity contribution in [1.29, 1.82) is 0 Å². The Morgan fingerprint density at radius 2 is 2.05 bits per heavy atom. The number of benzene rings is 1. The van der Waals surface area contributed by atoms with Crippen molar-refractivity contribution >= 4 is 33.2 Å². The summed E-state index contributed by atoms with van der Waals surface area (Å²) in [6, 6.07) is 4.95. The average Bonchev–Trinajstić information content (AvgIpc) is 2.37. The highest BCUT2D eigenvalue weighted by molar-refractivity contribution is 7.92. The SMILES string of the molecule is CC[C@@H](C)NC(=O)CN(c1cc(Cl)ccc1C)S(C)(=O)=O. The summed E-state index contributed by atoms with van der Waals surface area (Å²) in [5, 5.41) is 3.18. The molecule has 1 rings (SSSR count). The van der Waals surface area contributed by atoms with Crippen LogP contribution in [0, 0.1) is 6.92 Å². The van der Waals surface area contributed by atoms with Crippen LogP contribution in [0.15, 0.2) is 18.2 Å². The molecule has 0 aliphatic heterocycles. The molecular weight excluding hydrogens is 312 g/mol. The number of carbonyl (C=O) groups excluding carboxylic acids is 1. The maximum atomic E-state index is 12.0. The van der Waals surface area contributed by atoms with E-state index in [-0.39, 0.29) is 18.5 Å². The Bertz CT molecular complexity index is 617. The summed E-state index contributed by atoms with van der Waals surface area (Å²) in [5.41, 5.74) is 1.16. The van der Waals surface area contributed by atoms with E-state index in [1.54, 1.807) is 25.1 Å². The normalized spacial score (nSPS) is 12.8. The lowest BCUT2D eigenvalue weighted by atomic mass is 10.2. The molecule has 1 aromatic rings. The van der Waals surface area contributed by atoms with Crippen LogP contribution >= 0.6 is 11.6 Å². The zero-order valence-corrected chi connectivity index (χ0v) is 14.3. The monoisotopic (exact) mass is 332 g/mol. The molecule has 0 fully saturated rings. The molecule has 0 heterocycles. The van der Waals surface area contributed by atoms with Gasteiger partial charge < -0.3 is 5.32 Å². The van der Waals surface area contributed by atoms with Gasteiger partial charge in [-0.3, -0.25) is 9.10 Å². The number of hydrogen-bond donors (Lipinski definition) is 1. The van der Waals surface area contributed by atoms with E-state index in [9.17, 15) is 13.2 Å². The van der Waals surface area contributed by atoms with Crippen LogP contribution in [-0.4, -0.2) is 33.2 Å². The van der Waals surface area contributed by atoms with Gasteiger partial charge in [-0.15, -0.1) is 0 Å². The molecule has 0 aromatic heterocycles. The first-order valence-electron chi connectivity index (χ1n) is 6.68. The van der Waals surface area contributed by atoms with E-state index >= 15 is 0 Å². The van der Waals surface area contributed by atoms with E-state index in [2.05, 4.69) is 5.32 Å². The van der Waals surface area contributed by atoms with E-state index in [1.807, 2.05) is 13.8 Å². The minimum Gasteiger partial charge on any atom is -0.352 e. The van der Waals surface area contributed by atoms with Crippen molar-refractivity contribution in [2.75, 3.05) is 17.1 Å². The van der Waals surface area contributed by atoms with Gasteiger partial charge in [0.15, 0.2) is 0 Å². The Kier molecular flexibility index (Phi) is 6.04. The number of halogens is 1. The number of carbonyl (C=O) groups is 1. The molecule has 0 spiro atoms. The van der Waals surface area contributed by atoms with Gasteiger partial charge in [0, 0.05) is 11.1 Å². The maximum Gasteiger partial charge on any atom is 0.240 e. The van der Waals surface area contributed by atoms with Gasteiger partial charge in [-0.2, -0.15) is 0 Å². The second kappa shape index (κ2) is 7.13. The molecule has 0 radical (unpaired) electrons. The van der Waals surface area contributed by atoms with Crippen molar-refractivity contribution < 1.29 is 13.2 Å². The summed E-state index contributed by atoms with van der Waals surface area (Å²) in [5.74, 6) is -0.339. The molecule has 0 saturated carbocycles. The predicted molar refractivity (Wildman–Crippen MR) is 86.3 cm³/mol. The largest absolute Gasteiger partial charge is 0.352 e. The van der Waals surface area contributed by atoms with Crippen molar-refractivity contribution in [2.24, 2.45) is 0 Å². The van der Waals surface area contributed by atoms with Crippen LogP contribution < -0.4 is 9.62 Å². The Morgan fingerprint density at radius 1 is 1.43 bits per heavy atom. The fourth-order valence-electron chi connectivity index (χ4n) is 1.79. The fourth-order valence-corrected chi connectivity index (χ4v) is 2.86. The number of anilines is 1. The molecular formula is C14H21ClN2O3S. The fraction of sp³-hybridized carbons (Fsp3) is 0.500. The van der Waals surface area contributed by atoms with E-state index in [0.717, 1.165) is 22.5 Å². The van der Waals surface area contributed by atoms with Crippen LogP contribution in [0.3, 0.4) is 0 Å². The van der Waals surface area contributed by atoms with Crippen LogP contribution in [0.4, 0.5) is 5.69 Å². The third-order valence-electron chi connectivity index (χ3n) is 3.15. The Labute approximate surface area is 131 Å². The number of nitrogens with zero attached hydrogens (tertiary/aromatic N) is 1. The summed E-state index contributed by atoms with van der Waals surface area (Å²) < 4.78 is 25.1. The first-order valence-corrected chi connectivity index (χ1v) is 8.91. The van der Waals surface area contributed by atoms with Gasteiger partial charge in [0.05, 0.1) is 11.9 Å². The van der Waals surface area contributed by atoms with Crippen molar-refractivity contribution in [3.05, 3.63) is 28.8 Å². The van der Waals surface area contributed by atoms with Crippen LogP contribution in [0.25, 0.3) is 0 Å². The molecule has 21 heavy (non-hydrogen) atoms. The summed E-state index contributed by atoms with van der Waals surface area (Å²) in [7, 11) is -3.58. The lowest BCUT2D eigenvalue weighted by Gasteiger charge is -2.24. The molecule has 7 heteroatoms. The van der Waals surface area contributed by atoms with Crippen molar-refractivity contribution in [2.45, 2.75) is 33.2 Å². The number of rotatable bonds is 6. The first kappa shape index (κ1) is 17.8. The lowest BCUT2D eigenvalue weighted by molar-refractivity contribution is -0.120. The third kappa shape index (κ3) is 5.21. The molecule has 0 saturated heterocycles. The summed E-state index contributed by atoms with van der Waals surface area (Å²) >= 11 is 5.93. The molecule has 1 aromatic carbocycles. The number of nitrogens with one attached hydrogen (secondary N) is 1. The smallest absolute Gasteiger partial charge is 0.240 e. The Morgan fingerprint density at radius 3 is 2.57 bits per heavy atom. The van der Waals surface area contributed by atoms with Crippen LogP contribution in [0.5, 0.6) is 0 Å². The summed E-state index contributed by atoms with van der Waals surface area (Å²) in [4.78, 5) is 12.0. The summed E-state index contributed by atoms with van der Waals surface area (Å²) in [6.45, 7) is 5.33. The topological polar surface area (TPSA) is 66.5 Å². The van der Waals surface area contributed by atoms with E-state index in [4.69, 9.17) is 11.6 Å². The molecule has 0 bridgehead atoms. The molecule has 0 aliphatic rings. The zero-order valence-electron chi connectivity index (χ0n) is 12.7. The van der Waals surface area contributed by atoms with Gasteiger partial charge >= 0.3 is 0 Å². The zero-order chi connectivity index (χ0) is 16.2. The highest BCUT2D eigenvalue weighted by Crippen LogP contribution is 2.26. The molecule has 0 unspecified atom stereocenters.